The molecule has 0 aromatic carbocycles. The number of methoxy groups -OCH3 is 1. The Morgan fingerprint density at radius 2 is 2.33 bits per heavy atom. The van der Waals surface area contributed by atoms with Gasteiger partial charge in [-0.3, -0.25) is 4.68 Å². The van der Waals surface area contributed by atoms with Crippen LogP contribution in [0.1, 0.15) is 17.4 Å². The standard InChI is InChI=1S/C11H14N4O4S2/c1-8(6-15-5-3-4-13-15)14-21(17,18)11-9(10(16)19-2)12-7-20-11/h3-5,7-8,14H,6H2,1-2H3. The van der Waals surface area contributed by atoms with Gasteiger partial charge in [0.2, 0.25) is 0 Å². The zero-order valence-electron chi connectivity index (χ0n) is 11.4. The molecule has 1 unspecified atom stereocenters. The van der Waals surface area contributed by atoms with Crippen LogP contribution in [-0.2, 0) is 21.3 Å². The number of sulfonamides is 1. The molecule has 2 aromatic rings. The first-order valence-electron chi connectivity index (χ1n) is 5.95. The van der Waals surface area contributed by atoms with Gasteiger partial charge in [0.25, 0.3) is 10.0 Å². The Morgan fingerprint density at radius 1 is 1.57 bits per heavy atom. The number of esters is 1. The lowest BCUT2D eigenvalue weighted by Crippen LogP contribution is -2.36. The predicted octanol–water partition coefficient (Wildman–Crippen LogP) is 0.493. The molecule has 8 nitrogen and oxygen atoms in total. The molecule has 0 amide bonds. The molecule has 10 heteroatoms. The fourth-order valence-electron chi connectivity index (χ4n) is 1.70. The van der Waals surface area contributed by atoms with Gasteiger partial charge >= 0.3 is 5.97 Å². The highest BCUT2D eigenvalue weighted by atomic mass is 32.2. The van der Waals surface area contributed by atoms with Crippen LogP contribution in [-0.4, -0.2) is 42.3 Å². The van der Waals surface area contributed by atoms with E-state index in [9.17, 15) is 13.2 Å². The van der Waals surface area contributed by atoms with E-state index < -0.39 is 22.0 Å². The number of ether oxygens (including phenoxy) is 1. The summed E-state index contributed by atoms with van der Waals surface area (Å²) in [4.78, 5) is 15.2. The Labute approximate surface area is 125 Å². The summed E-state index contributed by atoms with van der Waals surface area (Å²) in [6.07, 6.45) is 3.34. The van der Waals surface area contributed by atoms with E-state index in [1.54, 1.807) is 30.1 Å². The largest absolute Gasteiger partial charge is 0.464 e. The third kappa shape index (κ3) is 3.65. The highest BCUT2D eigenvalue weighted by Gasteiger charge is 2.27. The molecule has 0 spiro atoms. The molecule has 0 aliphatic carbocycles. The van der Waals surface area contributed by atoms with Gasteiger partial charge < -0.3 is 4.74 Å². The molecule has 21 heavy (non-hydrogen) atoms. The van der Waals surface area contributed by atoms with Crippen molar-refractivity contribution in [3.05, 3.63) is 29.7 Å². The van der Waals surface area contributed by atoms with Gasteiger partial charge in [0.1, 0.15) is 0 Å². The van der Waals surface area contributed by atoms with Crippen LogP contribution in [0, 0.1) is 0 Å². The fraction of sp³-hybridized carbons (Fsp3) is 0.364. The molecule has 0 saturated heterocycles. The maximum absolute atomic E-state index is 12.3. The third-order valence-electron chi connectivity index (χ3n) is 2.53. The number of carbonyl (C=O) groups excluding carboxylic acids is 1. The normalized spacial score (nSPS) is 13.0. The number of nitrogens with one attached hydrogen (secondary N) is 1. The van der Waals surface area contributed by atoms with E-state index >= 15 is 0 Å². The van der Waals surface area contributed by atoms with Crippen LogP contribution >= 0.6 is 11.3 Å². The fourth-order valence-corrected chi connectivity index (χ4v) is 4.09. The van der Waals surface area contributed by atoms with Crippen molar-refractivity contribution in [1.82, 2.24) is 19.5 Å². The second-order valence-electron chi connectivity index (χ2n) is 4.23. The highest BCUT2D eigenvalue weighted by molar-refractivity contribution is 7.91. The minimum Gasteiger partial charge on any atom is -0.464 e. The number of aromatic nitrogens is 3. The summed E-state index contributed by atoms with van der Waals surface area (Å²) in [6.45, 7) is 2.08. The topological polar surface area (TPSA) is 103 Å². The summed E-state index contributed by atoms with van der Waals surface area (Å²) < 4.78 is 33.1. The number of carbonyl (C=O) groups is 1. The summed E-state index contributed by atoms with van der Waals surface area (Å²) in [6, 6.07) is 1.35. The Hall–Kier alpha value is -1.78. The second-order valence-corrected chi connectivity index (χ2v) is 6.99. The monoisotopic (exact) mass is 330 g/mol. The van der Waals surface area contributed by atoms with E-state index in [0.29, 0.717) is 6.54 Å². The quantitative estimate of drug-likeness (QED) is 0.773. The minimum absolute atomic E-state index is 0.151. The molecule has 0 bridgehead atoms. The minimum atomic E-state index is -3.84. The molecule has 0 radical (unpaired) electrons. The Bertz CT molecular complexity index is 708. The lowest BCUT2D eigenvalue weighted by Gasteiger charge is -2.13. The molecule has 2 rings (SSSR count). The lowest BCUT2D eigenvalue weighted by atomic mass is 10.4. The summed E-state index contributed by atoms with van der Waals surface area (Å²) in [7, 11) is -2.67. The number of hydrogen-bond acceptors (Lipinski definition) is 7. The molecule has 0 aliphatic rings. The molecule has 2 aromatic heterocycles. The first-order chi connectivity index (χ1) is 9.94. The van der Waals surface area contributed by atoms with E-state index in [1.807, 2.05) is 0 Å². The number of rotatable bonds is 6. The average molecular weight is 330 g/mol. The van der Waals surface area contributed by atoms with Gasteiger partial charge in [-0.25, -0.2) is 22.9 Å². The molecule has 1 N–H and O–H groups in total. The number of nitrogens with zero attached hydrogens (tertiary/aromatic N) is 3. The Balaban J connectivity index is 2.15. The van der Waals surface area contributed by atoms with E-state index in [-0.39, 0.29) is 9.90 Å². The number of hydrogen-bond donors (Lipinski definition) is 1. The maximum atomic E-state index is 12.3. The van der Waals surface area contributed by atoms with Crippen LogP contribution in [0.15, 0.2) is 28.2 Å². The van der Waals surface area contributed by atoms with Crippen molar-refractivity contribution >= 4 is 27.3 Å². The molecule has 2 heterocycles. The molecular formula is C11H14N4O4S2. The molecule has 1 atom stereocenters. The zero-order valence-corrected chi connectivity index (χ0v) is 13.0. The van der Waals surface area contributed by atoms with Crippen LogP contribution in [0.2, 0.25) is 0 Å². The smallest absolute Gasteiger partial charge is 0.358 e. The predicted molar refractivity (Wildman–Crippen MR) is 75.5 cm³/mol. The van der Waals surface area contributed by atoms with Crippen LogP contribution in [0.4, 0.5) is 0 Å². The van der Waals surface area contributed by atoms with Gasteiger partial charge in [-0.1, -0.05) is 0 Å². The maximum Gasteiger partial charge on any atom is 0.358 e. The van der Waals surface area contributed by atoms with Crippen molar-refractivity contribution in [2.75, 3.05) is 7.11 Å². The van der Waals surface area contributed by atoms with E-state index in [0.717, 1.165) is 11.3 Å². The van der Waals surface area contributed by atoms with Gasteiger partial charge in [-0.2, -0.15) is 5.10 Å². The highest BCUT2D eigenvalue weighted by Crippen LogP contribution is 2.20. The average Bonchev–Trinajstić information content (AvgIpc) is 3.07. The van der Waals surface area contributed by atoms with Crippen molar-refractivity contribution in [2.45, 2.75) is 23.7 Å². The summed E-state index contributed by atoms with van der Waals surface area (Å²) in [5, 5.41) is 4.01. The van der Waals surface area contributed by atoms with Crippen molar-refractivity contribution in [1.29, 1.82) is 0 Å². The van der Waals surface area contributed by atoms with Gasteiger partial charge in [0, 0.05) is 18.4 Å². The van der Waals surface area contributed by atoms with Crippen LogP contribution in [0.25, 0.3) is 0 Å². The second kappa shape index (κ2) is 6.33. The van der Waals surface area contributed by atoms with Gasteiger partial charge in [-0.05, 0) is 13.0 Å². The van der Waals surface area contributed by atoms with Crippen LogP contribution in [0.3, 0.4) is 0 Å². The lowest BCUT2D eigenvalue weighted by molar-refractivity contribution is 0.0590. The van der Waals surface area contributed by atoms with Gasteiger partial charge in [0.05, 0.1) is 19.2 Å². The van der Waals surface area contributed by atoms with E-state index in [2.05, 4.69) is 19.5 Å². The molecule has 0 aliphatic heterocycles. The first kappa shape index (κ1) is 15.6. The summed E-state index contributed by atoms with van der Waals surface area (Å²) in [5.74, 6) is -0.781. The first-order valence-corrected chi connectivity index (χ1v) is 8.32. The zero-order chi connectivity index (χ0) is 15.5. The number of thiazole rings is 1. The third-order valence-corrected chi connectivity index (χ3v) is 5.49. The van der Waals surface area contributed by atoms with Crippen molar-refractivity contribution in [2.24, 2.45) is 0 Å². The van der Waals surface area contributed by atoms with Crippen LogP contribution < -0.4 is 4.72 Å². The van der Waals surface area contributed by atoms with E-state index in [4.69, 9.17) is 0 Å². The molecule has 0 fully saturated rings. The Morgan fingerprint density at radius 3 is 2.95 bits per heavy atom. The Kier molecular flexibility index (Phi) is 4.70. The SMILES string of the molecule is COC(=O)c1ncsc1S(=O)(=O)NC(C)Cn1cccn1. The summed E-state index contributed by atoms with van der Waals surface area (Å²) in [5.41, 5.74) is 1.08. The van der Waals surface area contributed by atoms with E-state index in [1.165, 1.54) is 12.6 Å². The van der Waals surface area contributed by atoms with Crippen molar-refractivity contribution in [3.8, 4) is 0 Å². The van der Waals surface area contributed by atoms with Crippen molar-refractivity contribution < 1.29 is 17.9 Å². The van der Waals surface area contributed by atoms with Crippen LogP contribution in [0.5, 0.6) is 0 Å². The van der Waals surface area contributed by atoms with Crippen molar-refractivity contribution in [3.63, 3.8) is 0 Å². The summed E-state index contributed by atoms with van der Waals surface area (Å²) >= 11 is 0.865. The molecule has 114 valence electrons. The van der Waals surface area contributed by atoms with Gasteiger partial charge in [-0.15, -0.1) is 11.3 Å². The molecule has 0 saturated carbocycles. The van der Waals surface area contributed by atoms with Gasteiger partial charge in [0.15, 0.2) is 9.90 Å². The molecular weight excluding hydrogens is 316 g/mol.